The van der Waals surface area contributed by atoms with E-state index in [1.807, 2.05) is 0 Å². The standard InChI is InChI=1S/C6H15NO3/c1-7(2)6(8-3,9-4)10-5/h1-5H3. The van der Waals surface area contributed by atoms with Crippen molar-refractivity contribution in [3.63, 3.8) is 0 Å². The van der Waals surface area contributed by atoms with Gasteiger partial charge in [0.15, 0.2) is 0 Å². The molecule has 0 saturated carbocycles. The molecule has 0 spiro atoms. The van der Waals surface area contributed by atoms with Crippen LogP contribution in [0.4, 0.5) is 0 Å². The van der Waals surface area contributed by atoms with Gasteiger partial charge in [0.2, 0.25) is 0 Å². The van der Waals surface area contributed by atoms with Gasteiger partial charge < -0.3 is 14.2 Å². The third kappa shape index (κ3) is 1.67. The van der Waals surface area contributed by atoms with Gasteiger partial charge in [0.1, 0.15) is 0 Å². The van der Waals surface area contributed by atoms with Crippen LogP contribution in [0, 0.1) is 0 Å². The highest BCUT2D eigenvalue weighted by atomic mass is 16.9. The number of hydrogen-bond donors (Lipinski definition) is 0. The molecule has 0 radical (unpaired) electrons. The first-order valence-electron chi connectivity index (χ1n) is 2.96. The minimum atomic E-state index is -1.04. The molecule has 0 aliphatic rings. The molecule has 0 aromatic rings. The first-order chi connectivity index (χ1) is 4.63. The Hall–Kier alpha value is -0.160. The number of nitrogens with zero attached hydrogens (tertiary/aromatic N) is 1. The zero-order chi connectivity index (χ0) is 8.20. The molecule has 4 heteroatoms. The third-order valence-electron chi connectivity index (χ3n) is 1.32. The van der Waals surface area contributed by atoms with Gasteiger partial charge in [-0.3, -0.25) is 0 Å². The van der Waals surface area contributed by atoms with Crippen LogP contribution in [0.25, 0.3) is 0 Å². The van der Waals surface area contributed by atoms with E-state index >= 15 is 0 Å². The van der Waals surface area contributed by atoms with E-state index in [4.69, 9.17) is 14.2 Å². The maximum Gasteiger partial charge on any atom is 0.352 e. The van der Waals surface area contributed by atoms with Crippen molar-refractivity contribution in [3.8, 4) is 0 Å². The summed E-state index contributed by atoms with van der Waals surface area (Å²) >= 11 is 0. The summed E-state index contributed by atoms with van der Waals surface area (Å²) in [5.74, 6) is 0. The summed E-state index contributed by atoms with van der Waals surface area (Å²) in [5, 5.41) is 0. The van der Waals surface area contributed by atoms with E-state index < -0.39 is 6.10 Å². The molecule has 0 heterocycles. The van der Waals surface area contributed by atoms with Gasteiger partial charge in [-0.15, -0.1) is 0 Å². The molecule has 0 rings (SSSR count). The quantitative estimate of drug-likeness (QED) is 0.530. The van der Waals surface area contributed by atoms with Crippen LogP contribution >= 0.6 is 0 Å². The summed E-state index contributed by atoms with van der Waals surface area (Å²) in [6.07, 6.45) is -1.04. The lowest BCUT2D eigenvalue weighted by Crippen LogP contribution is -2.49. The van der Waals surface area contributed by atoms with Gasteiger partial charge in [0.25, 0.3) is 0 Å². The largest absolute Gasteiger partial charge is 0.352 e. The van der Waals surface area contributed by atoms with Crippen molar-refractivity contribution in [2.45, 2.75) is 6.10 Å². The van der Waals surface area contributed by atoms with Crippen LogP contribution in [-0.4, -0.2) is 46.4 Å². The fourth-order valence-corrected chi connectivity index (χ4v) is 0.798. The summed E-state index contributed by atoms with van der Waals surface area (Å²) < 4.78 is 14.9. The van der Waals surface area contributed by atoms with Gasteiger partial charge in [0.05, 0.1) is 0 Å². The summed E-state index contributed by atoms with van der Waals surface area (Å²) in [5.41, 5.74) is 0. The Kier molecular flexibility index (Phi) is 3.81. The minimum absolute atomic E-state index is 1.04. The van der Waals surface area contributed by atoms with Gasteiger partial charge in [-0.05, 0) is 14.1 Å². The van der Waals surface area contributed by atoms with Gasteiger partial charge in [-0.1, -0.05) is 0 Å². The zero-order valence-electron chi connectivity index (χ0n) is 7.17. The summed E-state index contributed by atoms with van der Waals surface area (Å²) in [4.78, 5) is 1.69. The van der Waals surface area contributed by atoms with Gasteiger partial charge in [0, 0.05) is 21.3 Å². The van der Waals surface area contributed by atoms with E-state index in [-0.39, 0.29) is 0 Å². The van der Waals surface area contributed by atoms with Crippen LogP contribution in [-0.2, 0) is 14.2 Å². The van der Waals surface area contributed by atoms with Gasteiger partial charge >= 0.3 is 6.10 Å². The second-order valence-corrected chi connectivity index (χ2v) is 2.03. The predicted octanol–water partition coefficient (Wildman–Crippen LogP) is 0.0985. The van der Waals surface area contributed by atoms with Crippen LogP contribution in [0.3, 0.4) is 0 Å². The Morgan fingerprint density at radius 1 is 0.900 bits per heavy atom. The SMILES string of the molecule is COC(OC)(OC)N(C)C. The van der Waals surface area contributed by atoms with Crippen molar-refractivity contribution in [1.29, 1.82) is 0 Å². The number of hydrogen-bond acceptors (Lipinski definition) is 4. The third-order valence-corrected chi connectivity index (χ3v) is 1.32. The normalized spacial score (nSPS) is 12.6. The summed E-state index contributed by atoms with van der Waals surface area (Å²) in [6.45, 7) is 0. The number of ether oxygens (including phenoxy) is 3. The molecule has 0 fully saturated rings. The van der Waals surface area contributed by atoms with Crippen molar-refractivity contribution >= 4 is 0 Å². The lowest BCUT2D eigenvalue weighted by Gasteiger charge is -2.33. The Bertz CT molecular complexity index is 82.7. The molecule has 0 saturated heterocycles. The van der Waals surface area contributed by atoms with Crippen LogP contribution < -0.4 is 0 Å². The Balaban J connectivity index is 4.15. The monoisotopic (exact) mass is 149 g/mol. The highest BCUT2D eigenvalue weighted by Gasteiger charge is 2.32. The highest BCUT2D eigenvalue weighted by molar-refractivity contribution is 4.48. The summed E-state index contributed by atoms with van der Waals surface area (Å²) in [6, 6.07) is 0. The molecule has 0 amide bonds. The lowest BCUT2D eigenvalue weighted by atomic mass is 10.7. The fraction of sp³-hybridized carbons (Fsp3) is 1.00. The molecular weight excluding hydrogens is 134 g/mol. The van der Waals surface area contributed by atoms with Crippen molar-refractivity contribution < 1.29 is 14.2 Å². The van der Waals surface area contributed by atoms with E-state index in [9.17, 15) is 0 Å². The van der Waals surface area contributed by atoms with Crippen LogP contribution in [0.1, 0.15) is 0 Å². The van der Waals surface area contributed by atoms with Gasteiger partial charge in [-0.2, -0.15) is 0 Å². The molecule has 0 aliphatic carbocycles. The molecule has 0 atom stereocenters. The Morgan fingerprint density at radius 2 is 1.20 bits per heavy atom. The zero-order valence-corrected chi connectivity index (χ0v) is 7.17. The molecule has 0 unspecified atom stereocenters. The molecule has 62 valence electrons. The molecule has 0 aromatic heterocycles. The van der Waals surface area contributed by atoms with Crippen molar-refractivity contribution in [2.24, 2.45) is 0 Å². The molecular formula is C6H15NO3. The topological polar surface area (TPSA) is 30.9 Å². The Labute approximate surface area is 61.7 Å². The second-order valence-electron chi connectivity index (χ2n) is 2.03. The number of methoxy groups -OCH3 is 3. The average Bonchev–Trinajstić information content (AvgIpc) is 1.92. The van der Waals surface area contributed by atoms with Crippen LogP contribution in [0.2, 0.25) is 0 Å². The minimum Gasteiger partial charge on any atom is -0.317 e. The predicted molar refractivity (Wildman–Crippen MR) is 37.4 cm³/mol. The first kappa shape index (κ1) is 9.84. The molecule has 0 aliphatic heterocycles. The molecule has 0 aromatic carbocycles. The molecule has 10 heavy (non-hydrogen) atoms. The van der Waals surface area contributed by atoms with Gasteiger partial charge in [-0.25, -0.2) is 4.90 Å². The maximum absolute atomic E-state index is 4.98. The fourth-order valence-electron chi connectivity index (χ4n) is 0.798. The van der Waals surface area contributed by atoms with Crippen molar-refractivity contribution in [3.05, 3.63) is 0 Å². The molecule has 0 bridgehead atoms. The Morgan fingerprint density at radius 3 is 1.20 bits per heavy atom. The average molecular weight is 149 g/mol. The van der Waals surface area contributed by atoms with E-state index in [2.05, 4.69) is 0 Å². The van der Waals surface area contributed by atoms with Crippen LogP contribution in [0.5, 0.6) is 0 Å². The summed E-state index contributed by atoms with van der Waals surface area (Å²) in [7, 11) is 8.17. The maximum atomic E-state index is 4.98. The van der Waals surface area contributed by atoms with Crippen molar-refractivity contribution in [1.82, 2.24) is 4.90 Å². The first-order valence-corrected chi connectivity index (χ1v) is 2.96. The highest BCUT2D eigenvalue weighted by Crippen LogP contribution is 2.13. The van der Waals surface area contributed by atoms with E-state index in [1.165, 1.54) is 21.3 Å². The van der Waals surface area contributed by atoms with E-state index in [0.29, 0.717) is 0 Å². The number of rotatable bonds is 4. The lowest BCUT2D eigenvalue weighted by molar-refractivity contribution is -0.414. The smallest absolute Gasteiger partial charge is 0.317 e. The van der Waals surface area contributed by atoms with Crippen molar-refractivity contribution in [2.75, 3.05) is 35.4 Å². The van der Waals surface area contributed by atoms with Crippen LogP contribution in [0.15, 0.2) is 0 Å². The molecule has 0 N–H and O–H groups in total. The second kappa shape index (κ2) is 3.88. The molecule has 4 nitrogen and oxygen atoms in total. The van der Waals surface area contributed by atoms with E-state index in [1.54, 1.807) is 19.0 Å². The van der Waals surface area contributed by atoms with E-state index in [0.717, 1.165) is 0 Å².